The molecule has 2 N–H and O–H groups in total. The van der Waals surface area contributed by atoms with Crippen LogP contribution in [0.4, 0.5) is 4.39 Å². The Labute approximate surface area is 81.8 Å². The van der Waals surface area contributed by atoms with Crippen molar-refractivity contribution in [2.24, 2.45) is 5.14 Å². The second-order valence-electron chi connectivity index (χ2n) is 3.47. The Bertz CT molecular complexity index is 466. The van der Waals surface area contributed by atoms with Crippen LogP contribution in [-0.4, -0.2) is 8.42 Å². The first kappa shape index (κ1) is 9.61. The van der Waals surface area contributed by atoms with Gasteiger partial charge in [0.05, 0.1) is 4.90 Å². The van der Waals surface area contributed by atoms with Crippen LogP contribution in [0.25, 0.3) is 0 Å². The van der Waals surface area contributed by atoms with E-state index in [4.69, 9.17) is 5.14 Å². The first-order chi connectivity index (χ1) is 6.50. The van der Waals surface area contributed by atoms with Gasteiger partial charge in [-0.05, 0) is 30.9 Å². The zero-order valence-electron chi connectivity index (χ0n) is 7.40. The number of hydrogen-bond donors (Lipinski definition) is 1. The topological polar surface area (TPSA) is 60.2 Å². The molecule has 0 amide bonds. The zero-order valence-corrected chi connectivity index (χ0v) is 8.22. The van der Waals surface area contributed by atoms with Crippen molar-refractivity contribution in [3.8, 4) is 0 Å². The van der Waals surface area contributed by atoms with E-state index in [2.05, 4.69) is 0 Å². The fourth-order valence-electron chi connectivity index (χ4n) is 1.53. The van der Waals surface area contributed by atoms with E-state index in [0.29, 0.717) is 0 Å². The Morgan fingerprint density at radius 1 is 1.36 bits per heavy atom. The number of benzene rings is 1. The molecule has 5 heteroatoms. The van der Waals surface area contributed by atoms with E-state index in [0.717, 1.165) is 12.8 Å². The van der Waals surface area contributed by atoms with Gasteiger partial charge in [-0.2, -0.15) is 0 Å². The average Bonchev–Trinajstić information content (AvgIpc) is 2.85. The van der Waals surface area contributed by atoms with E-state index in [1.165, 1.54) is 18.2 Å². The van der Waals surface area contributed by atoms with Crippen LogP contribution in [0.15, 0.2) is 23.1 Å². The molecule has 2 rings (SSSR count). The maximum atomic E-state index is 13.4. The van der Waals surface area contributed by atoms with Gasteiger partial charge in [0.15, 0.2) is 0 Å². The highest BCUT2D eigenvalue weighted by Gasteiger charge is 2.31. The zero-order chi connectivity index (χ0) is 10.3. The Morgan fingerprint density at radius 3 is 2.50 bits per heavy atom. The van der Waals surface area contributed by atoms with Crippen molar-refractivity contribution in [2.75, 3.05) is 0 Å². The van der Waals surface area contributed by atoms with Crippen LogP contribution in [-0.2, 0) is 10.0 Å². The summed E-state index contributed by atoms with van der Waals surface area (Å²) < 4.78 is 35.6. The lowest BCUT2D eigenvalue weighted by molar-refractivity contribution is 0.583. The summed E-state index contributed by atoms with van der Waals surface area (Å²) in [5, 5.41) is 5.00. The van der Waals surface area contributed by atoms with Crippen LogP contribution in [0.3, 0.4) is 0 Å². The maximum Gasteiger partial charge on any atom is 0.238 e. The predicted octanol–water partition coefficient (Wildman–Crippen LogP) is 1.35. The molecule has 0 spiro atoms. The van der Waals surface area contributed by atoms with Crippen molar-refractivity contribution in [2.45, 2.75) is 23.7 Å². The van der Waals surface area contributed by atoms with E-state index < -0.39 is 15.8 Å². The van der Waals surface area contributed by atoms with Gasteiger partial charge in [-0.25, -0.2) is 17.9 Å². The molecule has 1 fully saturated rings. The van der Waals surface area contributed by atoms with Gasteiger partial charge in [-0.3, -0.25) is 0 Å². The van der Waals surface area contributed by atoms with Crippen molar-refractivity contribution < 1.29 is 12.8 Å². The number of sulfonamides is 1. The van der Waals surface area contributed by atoms with Gasteiger partial charge < -0.3 is 0 Å². The summed E-state index contributed by atoms with van der Waals surface area (Å²) in [6.07, 6.45) is 1.67. The minimum Gasteiger partial charge on any atom is -0.225 e. The van der Waals surface area contributed by atoms with E-state index in [1.54, 1.807) is 0 Å². The molecule has 3 nitrogen and oxygen atoms in total. The Hall–Kier alpha value is -0.940. The highest BCUT2D eigenvalue weighted by Crippen LogP contribution is 2.43. The third-order valence-electron chi connectivity index (χ3n) is 2.31. The van der Waals surface area contributed by atoms with Crippen molar-refractivity contribution in [3.63, 3.8) is 0 Å². The summed E-state index contributed by atoms with van der Waals surface area (Å²) in [6, 6.07) is 3.98. The second kappa shape index (κ2) is 3.03. The smallest absolute Gasteiger partial charge is 0.225 e. The molecule has 76 valence electrons. The van der Waals surface area contributed by atoms with Crippen LogP contribution in [0.2, 0.25) is 0 Å². The summed E-state index contributed by atoms with van der Waals surface area (Å²) >= 11 is 0. The molecule has 1 saturated carbocycles. The highest BCUT2D eigenvalue weighted by molar-refractivity contribution is 7.89. The van der Waals surface area contributed by atoms with Gasteiger partial charge in [0, 0.05) is 5.56 Å². The molecular weight excluding hydrogens is 205 g/mol. The summed E-state index contributed by atoms with van der Waals surface area (Å²) in [5.41, 5.74) is 0.259. The van der Waals surface area contributed by atoms with E-state index in [-0.39, 0.29) is 16.4 Å². The van der Waals surface area contributed by atoms with Gasteiger partial charge in [0.2, 0.25) is 10.0 Å². The van der Waals surface area contributed by atoms with Crippen molar-refractivity contribution in [1.29, 1.82) is 0 Å². The molecule has 1 aromatic carbocycles. The third kappa shape index (κ3) is 1.65. The van der Waals surface area contributed by atoms with Gasteiger partial charge in [-0.1, -0.05) is 6.07 Å². The Balaban J connectivity index is 2.64. The average molecular weight is 215 g/mol. The van der Waals surface area contributed by atoms with Crippen molar-refractivity contribution >= 4 is 10.0 Å². The fourth-order valence-corrected chi connectivity index (χ4v) is 2.37. The number of nitrogens with two attached hydrogens (primary N) is 1. The van der Waals surface area contributed by atoms with Gasteiger partial charge in [0.25, 0.3) is 0 Å². The van der Waals surface area contributed by atoms with Crippen LogP contribution in [0.1, 0.15) is 24.3 Å². The quantitative estimate of drug-likeness (QED) is 0.809. The summed E-state index contributed by atoms with van der Waals surface area (Å²) in [7, 11) is -3.80. The first-order valence-electron chi connectivity index (χ1n) is 4.31. The van der Waals surface area contributed by atoms with Gasteiger partial charge in [-0.15, -0.1) is 0 Å². The van der Waals surface area contributed by atoms with E-state index in [1.807, 2.05) is 0 Å². The molecule has 1 aliphatic rings. The lowest BCUT2D eigenvalue weighted by Gasteiger charge is -2.06. The van der Waals surface area contributed by atoms with Gasteiger partial charge >= 0.3 is 0 Å². The second-order valence-corrected chi connectivity index (χ2v) is 5.00. The standard InChI is InChI=1S/C9H10FNO2S/c10-7-2-1-3-8(14(11,12)13)9(7)6-4-5-6/h1-3,6H,4-5H2,(H2,11,12,13). The van der Waals surface area contributed by atoms with Crippen molar-refractivity contribution in [3.05, 3.63) is 29.6 Å². The summed E-state index contributed by atoms with van der Waals surface area (Å²) in [6.45, 7) is 0. The van der Waals surface area contributed by atoms with Gasteiger partial charge in [0.1, 0.15) is 5.82 Å². The Kier molecular flexibility index (Phi) is 2.08. The normalized spacial score (nSPS) is 17.0. The minimum absolute atomic E-state index is 0.0320. The number of halogens is 1. The number of primary sulfonamides is 1. The van der Waals surface area contributed by atoms with Crippen LogP contribution in [0.5, 0.6) is 0 Å². The lowest BCUT2D eigenvalue weighted by Crippen LogP contribution is -2.15. The molecule has 1 aromatic rings. The minimum atomic E-state index is -3.80. The number of rotatable bonds is 2. The predicted molar refractivity (Wildman–Crippen MR) is 49.7 cm³/mol. The molecule has 0 aliphatic heterocycles. The molecule has 0 atom stereocenters. The van der Waals surface area contributed by atoms with Crippen molar-refractivity contribution in [1.82, 2.24) is 0 Å². The first-order valence-corrected chi connectivity index (χ1v) is 5.86. The molecule has 0 saturated heterocycles. The van der Waals surface area contributed by atoms with E-state index >= 15 is 0 Å². The highest BCUT2D eigenvalue weighted by atomic mass is 32.2. The van der Waals surface area contributed by atoms with Crippen LogP contribution >= 0.6 is 0 Å². The fraction of sp³-hybridized carbons (Fsp3) is 0.333. The summed E-state index contributed by atoms with van der Waals surface area (Å²) in [5.74, 6) is -0.441. The lowest BCUT2D eigenvalue weighted by atomic mass is 10.1. The maximum absolute atomic E-state index is 13.4. The molecule has 0 radical (unpaired) electrons. The van der Waals surface area contributed by atoms with Crippen LogP contribution < -0.4 is 5.14 Å². The molecule has 1 aliphatic carbocycles. The molecule has 0 heterocycles. The third-order valence-corrected chi connectivity index (χ3v) is 3.27. The molecular formula is C9H10FNO2S. The number of hydrogen-bond acceptors (Lipinski definition) is 2. The van der Waals surface area contributed by atoms with Crippen LogP contribution in [0, 0.1) is 5.82 Å². The Morgan fingerprint density at radius 2 is 2.00 bits per heavy atom. The molecule has 0 bridgehead atoms. The van der Waals surface area contributed by atoms with E-state index in [9.17, 15) is 12.8 Å². The SMILES string of the molecule is NS(=O)(=O)c1cccc(F)c1C1CC1. The monoisotopic (exact) mass is 215 g/mol. The molecule has 0 aromatic heterocycles. The molecule has 14 heavy (non-hydrogen) atoms. The largest absolute Gasteiger partial charge is 0.238 e. The summed E-state index contributed by atoms with van der Waals surface area (Å²) in [4.78, 5) is -0.0694. The molecule has 0 unspecified atom stereocenters.